The van der Waals surface area contributed by atoms with E-state index in [0.717, 1.165) is 23.4 Å². The standard InChI is InChI=1S/C23H27F5N2O2S2/c1-4-21(18-5-7-20(8-6-18)34(24,25,26,27)28)23(31)30(19-10-12-33(32)15-19)14-17-9-11-29-22(13-17)16(2)3/h5-13,16,19,21H,4,14-15H2,1-3H3. The van der Waals surface area contributed by atoms with E-state index in [1.807, 2.05) is 19.9 Å². The van der Waals surface area contributed by atoms with E-state index < -0.39 is 37.9 Å². The normalized spacial score (nSPS) is 21.2. The molecule has 0 fully saturated rings. The van der Waals surface area contributed by atoms with Crippen LogP contribution in [-0.2, 0) is 22.1 Å². The molecule has 0 saturated heterocycles. The summed E-state index contributed by atoms with van der Waals surface area (Å²) >= 11 is 0. The number of nitrogens with zero attached hydrogens (tertiary/aromatic N) is 2. The Morgan fingerprint density at radius 3 is 2.29 bits per heavy atom. The average Bonchev–Trinajstić information content (AvgIpc) is 3.17. The van der Waals surface area contributed by atoms with E-state index >= 15 is 0 Å². The van der Waals surface area contributed by atoms with Crippen molar-refractivity contribution in [1.29, 1.82) is 0 Å². The fourth-order valence-electron chi connectivity index (χ4n) is 3.83. The highest BCUT2D eigenvalue weighted by Crippen LogP contribution is 3.02. The van der Waals surface area contributed by atoms with Crippen molar-refractivity contribution < 1.29 is 28.4 Å². The van der Waals surface area contributed by atoms with E-state index in [0.29, 0.717) is 12.1 Å². The van der Waals surface area contributed by atoms with Gasteiger partial charge in [0.15, 0.2) is 0 Å². The number of carbonyl (C=O) groups excluding carboxylic acids is 1. The van der Waals surface area contributed by atoms with Crippen molar-refractivity contribution in [2.45, 2.75) is 56.5 Å². The van der Waals surface area contributed by atoms with Crippen molar-refractivity contribution >= 4 is 26.9 Å². The van der Waals surface area contributed by atoms with Gasteiger partial charge in [-0.3, -0.25) is 14.0 Å². The molecule has 3 atom stereocenters. The molecule has 3 unspecified atom stereocenters. The lowest BCUT2D eigenvalue weighted by molar-refractivity contribution is -0.134. The van der Waals surface area contributed by atoms with E-state index in [2.05, 4.69) is 4.98 Å². The van der Waals surface area contributed by atoms with Crippen LogP contribution in [0.25, 0.3) is 0 Å². The number of pyridine rings is 1. The summed E-state index contributed by atoms with van der Waals surface area (Å²) in [6.07, 6.45) is 3.58. The third-order valence-corrected chi connectivity index (χ3v) is 7.99. The monoisotopic (exact) mass is 522 g/mol. The number of rotatable bonds is 8. The molecule has 4 nitrogen and oxygen atoms in total. The van der Waals surface area contributed by atoms with Crippen LogP contribution in [0.3, 0.4) is 0 Å². The SMILES string of the molecule is CCC(C(=O)N(Cc1ccnc(C(C)C)c1)C1C=CS(=O)C1)c1ccc(S(F)(F)(F)(F)F)cc1. The van der Waals surface area contributed by atoms with Crippen molar-refractivity contribution in [2.24, 2.45) is 0 Å². The van der Waals surface area contributed by atoms with Gasteiger partial charge in [0.25, 0.3) is 0 Å². The second-order valence-corrected chi connectivity index (χ2v) is 12.4. The van der Waals surface area contributed by atoms with Gasteiger partial charge in [0.05, 0.1) is 17.7 Å². The lowest BCUT2D eigenvalue weighted by atomic mass is 9.94. The van der Waals surface area contributed by atoms with Gasteiger partial charge in [0, 0.05) is 34.6 Å². The van der Waals surface area contributed by atoms with Gasteiger partial charge >= 0.3 is 10.2 Å². The van der Waals surface area contributed by atoms with Crippen LogP contribution in [0.1, 0.15) is 55.8 Å². The third kappa shape index (κ3) is 6.24. The van der Waals surface area contributed by atoms with Crippen LogP contribution in [0, 0.1) is 0 Å². The van der Waals surface area contributed by atoms with Crippen molar-refractivity contribution in [3.8, 4) is 0 Å². The van der Waals surface area contributed by atoms with Crippen LogP contribution in [0.2, 0.25) is 0 Å². The first-order valence-electron chi connectivity index (χ1n) is 10.7. The fourth-order valence-corrected chi connectivity index (χ4v) is 5.57. The molecule has 0 spiro atoms. The highest BCUT2D eigenvalue weighted by atomic mass is 32.5. The van der Waals surface area contributed by atoms with Crippen LogP contribution in [-0.4, -0.2) is 31.8 Å². The Bertz CT molecular complexity index is 1120. The van der Waals surface area contributed by atoms with E-state index in [9.17, 15) is 28.4 Å². The molecule has 1 aliphatic heterocycles. The number of aromatic nitrogens is 1. The maximum Gasteiger partial charge on any atom is 0.310 e. The summed E-state index contributed by atoms with van der Waals surface area (Å²) in [6, 6.07) is 5.73. The molecule has 3 rings (SSSR count). The lowest BCUT2D eigenvalue weighted by Gasteiger charge is -2.40. The molecule has 188 valence electrons. The minimum Gasteiger partial charge on any atom is -0.330 e. The van der Waals surface area contributed by atoms with Gasteiger partial charge in [-0.25, -0.2) is 0 Å². The molecule has 0 saturated carbocycles. The molecule has 1 amide bonds. The van der Waals surface area contributed by atoms with E-state index in [1.54, 1.807) is 30.2 Å². The van der Waals surface area contributed by atoms with Gasteiger partial charge < -0.3 is 4.90 Å². The minimum atomic E-state index is -9.80. The summed E-state index contributed by atoms with van der Waals surface area (Å²) in [5.74, 6) is -0.840. The predicted molar refractivity (Wildman–Crippen MR) is 126 cm³/mol. The Morgan fingerprint density at radius 1 is 1.15 bits per heavy atom. The molecule has 0 aliphatic carbocycles. The van der Waals surface area contributed by atoms with Gasteiger partial charge in [-0.15, -0.1) is 0 Å². The second kappa shape index (κ2) is 8.75. The van der Waals surface area contributed by atoms with Gasteiger partial charge in [-0.05, 0) is 47.7 Å². The lowest BCUT2D eigenvalue weighted by Crippen LogP contribution is -2.42. The number of benzene rings is 1. The fraction of sp³-hybridized carbons (Fsp3) is 0.391. The van der Waals surface area contributed by atoms with E-state index in [1.165, 1.54) is 5.41 Å². The zero-order chi connectivity index (χ0) is 25.4. The maximum absolute atomic E-state index is 13.6. The second-order valence-electron chi connectivity index (χ2n) is 8.65. The number of hydrogen-bond acceptors (Lipinski definition) is 3. The Kier molecular flexibility index (Phi) is 6.77. The maximum atomic E-state index is 13.6. The van der Waals surface area contributed by atoms with Gasteiger partial charge in [0.2, 0.25) is 5.91 Å². The molecule has 0 radical (unpaired) electrons. The molecule has 1 aromatic carbocycles. The smallest absolute Gasteiger partial charge is 0.310 e. The number of amides is 1. The number of halogens is 5. The number of carbonyl (C=O) groups is 1. The van der Waals surface area contributed by atoms with Gasteiger partial charge in [-0.2, -0.15) is 0 Å². The molecule has 2 aromatic rings. The van der Waals surface area contributed by atoms with E-state index in [-0.39, 0.29) is 36.1 Å². The Morgan fingerprint density at radius 2 is 1.79 bits per heavy atom. The topological polar surface area (TPSA) is 50.3 Å². The summed E-state index contributed by atoms with van der Waals surface area (Å²) in [7, 11) is -11.0. The van der Waals surface area contributed by atoms with E-state index in [4.69, 9.17) is 0 Å². The van der Waals surface area contributed by atoms with Crippen molar-refractivity contribution in [1.82, 2.24) is 9.88 Å². The average molecular weight is 523 g/mol. The first kappa shape index (κ1) is 26.3. The van der Waals surface area contributed by atoms with Crippen LogP contribution in [0.5, 0.6) is 0 Å². The summed E-state index contributed by atoms with van der Waals surface area (Å²) < 4.78 is 77.5. The molecule has 1 aromatic heterocycles. The summed E-state index contributed by atoms with van der Waals surface area (Å²) in [5, 5.41) is 1.52. The molecular formula is C23H27F5N2O2S2. The summed E-state index contributed by atoms with van der Waals surface area (Å²) in [6.45, 7) is 5.86. The third-order valence-electron chi connectivity index (χ3n) is 5.70. The zero-order valence-corrected chi connectivity index (χ0v) is 20.6. The summed E-state index contributed by atoms with van der Waals surface area (Å²) in [4.78, 5) is 17.5. The molecule has 0 N–H and O–H groups in total. The van der Waals surface area contributed by atoms with Gasteiger partial charge in [0.1, 0.15) is 4.90 Å². The molecule has 11 heteroatoms. The van der Waals surface area contributed by atoms with Crippen LogP contribution < -0.4 is 0 Å². The van der Waals surface area contributed by atoms with Gasteiger partial charge in [-0.1, -0.05) is 58.4 Å². The van der Waals surface area contributed by atoms with Crippen LogP contribution in [0.4, 0.5) is 19.4 Å². The Labute approximate surface area is 198 Å². The highest BCUT2D eigenvalue weighted by molar-refractivity contribution is 8.45. The van der Waals surface area contributed by atoms with Crippen molar-refractivity contribution in [3.63, 3.8) is 0 Å². The summed E-state index contributed by atoms with van der Waals surface area (Å²) in [5.41, 5.74) is 1.86. The van der Waals surface area contributed by atoms with Crippen LogP contribution >= 0.6 is 10.2 Å². The Balaban J connectivity index is 1.94. The largest absolute Gasteiger partial charge is 0.330 e. The predicted octanol–water partition coefficient (Wildman–Crippen LogP) is 7.03. The molecule has 1 aliphatic rings. The first-order chi connectivity index (χ1) is 15.6. The highest BCUT2D eigenvalue weighted by Gasteiger charge is 2.65. The van der Waals surface area contributed by atoms with Crippen molar-refractivity contribution in [2.75, 3.05) is 5.75 Å². The quantitative estimate of drug-likeness (QED) is 0.350. The molecular weight excluding hydrogens is 495 g/mol. The van der Waals surface area contributed by atoms with Crippen LogP contribution in [0.15, 0.2) is 59.0 Å². The molecule has 2 heterocycles. The Hall–Kier alpha value is -2.27. The first-order valence-corrected chi connectivity index (χ1v) is 14.1. The molecule has 34 heavy (non-hydrogen) atoms. The molecule has 0 bridgehead atoms. The number of hydrogen-bond donors (Lipinski definition) is 0. The zero-order valence-electron chi connectivity index (χ0n) is 19.0. The van der Waals surface area contributed by atoms with Crippen molar-refractivity contribution in [3.05, 3.63) is 70.9 Å². The minimum absolute atomic E-state index is 0.166.